The summed E-state index contributed by atoms with van der Waals surface area (Å²) in [5, 5.41) is 12.1. The number of carbonyl (C=O) groups is 9. The maximum atomic E-state index is 15.1. The molecule has 6 aromatic carbocycles. The highest BCUT2D eigenvalue weighted by Gasteiger charge is 2.60. The Morgan fingerprint density at radius 3 is 0.955 bits per heavy atom. The molecule has 0 aliphatic carbocycles. The van der Waals surface area contributed by atoms with Crippen molar-refractivity contribution in [2.45, 2.75) is 94.4 Å². The number of aliphatic hydroxyl groups is 1. The zero-order valence-electron chi connectivity index (χ0n) is 48.5. The van der Waals surface area contributed by atoms with Crippen molar-refractivity contribution in [2.24, 2.45) is 17.8 Å². The Hall–Kier alpha value is -9.13. The number of imide groups is 3. The van der Waals surface area contributed by atoms with E-state index < -0.39 is 165 Å². The second-order valence-corrected chi connectivity index (χ2v) is 22.6. The number of hydrogen-bond donors (Lipinski definition) is 1. The number of ether oxygens (including phenoxy) is 9. The third-order valence-electron chi connectivity index (χ3n) is 17.4. The summed E-state index contributed by atoms with van der Waals surface area (Å²) in [6, 6.07) is 38.5. The van der Waals surface area contributed by atoms with E-state index in [1.54, 1.807) is 124 Å². The molecule has 6 aromatic rings. The van der Waals surface area contributed by atoms with Crippen LogP contribution in [-0.2, 0) is 42.6 Å². The first kappa shape index (κ1) is 60.2. The van der Waals surface area contributed by atoms with E-state index in [-0.39, 0.29) is 50.1 Å². The number of hydrogen-bond acceptors (Lipinski definition) is 19. The molecule has 6 amide bonds. The van der Waals surface area contributed by atoms with Gasteiger partial charge in [0.25, 0.3) is 35.4 Å². The fraction of sp³-hybridized carbons (Fsp3) is 0.328. The highest BCUT2D eigenvalue weighted by molar-refractivity contribution is 6.23. The molecule has 6 aliphatic heterocycles. The molecule has 0 bridgehead atoms. The van der Waals surface area contributed by atoms with E-state index in [0.717, 1.165) is 14.7 Å². The zero-order valence-corrected chi connectivity index (χ0v) is 48.5. The average molecular weight is 1210 g/mol. The van der Waals surface area contributed by atoms with Gasteiger partial charge in [0.1, 0.15) is 38.1 Å². The largest absolute Gasteiger partial charge is 0.459 e. The first-order valence-electron chi connectivity index (χ1n) is 29.1. The van der Waals surface area contributed by atoms with E-state index in [9.17, 15) is 38.7 Å². The minimum atomic E-state index is -1.78. The van der Waals surface area contributed by atoms with Crippen LogP contribution in [0.4, 0.5) is 0 Å². The third-order valence-corrected chi connectivity index (χ3v) is 17.4. The Kier molecular flexibility index (Phi) is 17.0. The molecule has 22 heteroatoms. The van der Waals surface area contributed by atoms with E-state index in [0.29, 0.717) is 0 Å². The van der Waals surface area contributed by atoms with Crippen LogP contribution in [0.3, 0.4) is 0 Å². The quantitative estimate of drug-likeness (QED) is 0.0587. The summed E-state index contributed by atoms with van der Waals surface area (Å²) in [5.74, 6) is -9.92. The van der Waals surface area contributed by atoms with Crippen LogP contribution in [0.5, 0.6) is 0 Å². The van der Waals surface area contributed by atoms with Gasteiger partial charge in [0.15, 0.2) is 18.9 Å². The molecule has 0 radical (unpaired) electrons. The molecule has 12 rings (SSSR count). The lowest BCUT2D eigenvalue weighted by Crippen LogP contribution is -2.68. The summed E-state index contributed by atoms with van der Waals surface area (Å²) in [4.78, 5) is 132. The van der Waals surface area contributed by atoms with Crippen LogP contribution in [0.1, 0.15) is 114 Å². The Morgan fingerprint density at radius 2 is 0.640 bits per heavy atom. The predicted molar refractivity (Wildman–Crippen MR) is 309 cm³/mol. The Labute approximate surface area is 510 Å². The number of methoxy groups -OCH3 is 1. The van der Waals surface area contributed by atoms with Crippen LogP contribution in [0.25, 0.3) is 0 Å². The molecular weight excluding hydrogens is 1150 g/mol. The number of nitrogens with zero attached hydrogens (tertiary/aromatic N) is 3. The number of carbonyl (C=O) groups excluding carboxylic acids is 9. The second-order valence-electron chi connectivity index (χ2n) is 22.6. The highest BCUT2D eigenvalue weighted by atomic mass is 16.7. The Balaban J connectivity index is 0.955. The average Bonchev–Trinajstić information content (AvgIpc) is 1.78. The molecular formula is C67H61N3O19. The summed E-state index contributed by atoms with van der Waals surface area (Å²) in [6.45, 7) is 3.13. The predicted octanol–water partition coefficient (Wildman–Crippen LogP) is 6.41. The molecule has 0 spiro atoms. The molecule has 1 N–H and O–H groups in total. The van der Waals surface area contributed by atoms with Crippen LogP contribution in [-0.4, -0.2) is 174 Å². The molecule has 458 valence electrons. The van der Waals surface area contributed by atoms with Gasteiger partial charge in [-0.1, -0.05) is 112 Å². The first-order valence-corrected chi connectivity index (χ1v) is 29.1. The van der Waals surface area contributed by atoms with Crippen molar-refractivity contribution >= 4 is 53.4 Å². The van der Waals surface area contributed by atoms with Gasteiger partial charge in [-0.25, -0.2) is 14.4 Å². The van der Waals surface area contributed by atoms with E-state index in [1.807, 2.05) is 0 Å². The molecule has 6 heterocycles. The molecule has 89 heavy (non-hydrogen) atoms. The van der Waals surface area contributed by atoms with Gasteiger partial charge in [0.2, 0.25) is 0 Å². The van der Waals surface area contributed by atoms with Crippen LogP contribution < -0.4 is 0 Å². The molecule has 0 aromatic heterocycles. The Bertz CT molecular complexity index is 3630. The minimum absolute atomic E-state index is 0.0329. The summed E-state index contributed by atoms with van der Waals surface area (Å²) < 4.78 is 58.2. The molecule has 3 saturated heterocycles. The van der Waals surface area contributed by atoms with Gasteiger partial charge in [-0.3, -0.25) is 43.5 Å². The fourth-order valence-electron chi connectivity index (χ4n) is 12.9. The monoisotopic (exact) mass is 1210 g/mol. The first-order chi connectivity index (χ1) is 43.1. The van der Waals surface area contributed by atoms with Gasteiger partial charge < -0.3 is 47.7 Å². The van der Waals surface area contributed by atoms with Gasteiger partial charge >= 0.3 is 17.9 Å². The molecule has 3 fully saturated rings. The summed E-state index contributed by atoms with van der Waals surface area (Å²) in [7, 11) is 1.32. The van der Waals surface area contributed by atoms with Gasteiger partial charge in [-0.2, -0.15) is 0 Å². The fourth-order valence-corrected chi connectivity index (χ4v) is 12.9. The molecule has 22 nitrogen and oxygen atoms in total. The lowest BCUT2D eigenvalue weighted by Gasteiger charge is -2.53. The molecule has 15 atom stereocenters. The topological polar surface area (TPSA) is 267 Å². The van der Waals surface area contributed by atoms with E-state index in [2.05, 4.69) is 0 Å². The number of esters is 3. The molecule has 7 unspecified atom stereocenters. The van der Waals surface area contributed by atoms with Crippen LogP contribution in [0.15, 0.2) is 164 Å². The standard InChI is InChI=1S/C67H61N3O19/c1-35-50(68-56(72)41-26-14-15-27-42(41)57(68)73)66(85-47(53(35)71)32-82-62(78)38-20-8-5-9-21-38)88-55-37(3)52(70-60(76)45-30-18-19-31-46(45)61(70)77)67(87-49(55)34-84-64(80)40-24-12-7-13-25-40)89-54-36(2)51(69-58(74)43-28-16-17-29-44(43)59(69)75)65(81-4)86-48(54)33-83-63(79)39-22-10-6-11-23-39/h5-31,35-37,47-55,65-67,71H,32-34H2,1-4H3/t35?,36?,37-,47?,48?,49?,50+,51+,52-,53+,54+,55?,65+,66-,67?/m1/s1. The number of benzene rings is 6. The third kappa shape index (κ3) is 11.1. The summed E-state index contributed by atoms with van der Waals surface area (Å²) >= 11 is 0. The van der Waals surface area contributed by atoms with Gasteiger partial charge in [0.05, 0.1) is 86.5 Å². The smallest absolute Gasteiger partial charge is 0.338 e. The molecule has 6 aliphatic rings. The molecule has 0 saturated carbocycles. The maximum Gasteiger partial charge on any atom is 0.338 e. The maximum absolute atomic E-state index is 15.1. The number of fused-ring (bicyclic) bond motifs is 3. The van der Waals surface area contributed by atoms with Crippen molar-refractivity contribution in [2.75, 3.05) is 26.9 Å². The van der Waals surface area contributed by atoms with Crippen molar-refractivity contribution in [1.82, 2.24) is 14.7 Å². The van der Waals surface area contributed by atoms with Gasteiger partial charge in [-0.15, -0.1) is 0 Å². The van der Waals surface area contributed by atoms with Gasteiger partial charge in [0, 0.05) is 24.9 Å². The van der Waals surface area contributed by atoms with Crippen LogP contribution >= 0.6 is 0 Å². The zero-order chi connectivity index (χ0) is 62.4. The van der Waals surface area contributed by atoms with Crippen LogP contribution in [0, 0.1) is 17.8 Å². The lowest BCUT2D eigenvalue weighted by molar-refractivity contribution is -0.348. The van der Waals surface area contributed by atoms with E-state index >= 15 is 9.59 Å². The Morgan fingerprint density at radius 1 is 0.382 bits per heavy atom. The van der Waals surface area contributed by atoms with Crippen molar-refractivity contribution < 1.29 is 90.9 Å². The van der Waals surface area contributed by atoms with Crippen molar-refractivity contribution in [3.63, 3.8) is 0 Å². The number of aliphatic hydroxyl groups excluding tert-OH is 1. The van der Waals surface area contributed by atoms with Crippen molar-refractivity contribution in [3.8, 4) is 0 Å². The van der Waals surface area contributed by atoms with Gasteiger partial charge in [-0.05, 0) is 72.8 Å². The highest BCUT2D eigenvalue weighted by Crippen LogP contribution is 2.44. The van der Waals surface area contributed by atoms with Crippen molar-refractivity contribution in [1.29, 1.82) is 0 Å². The SMILES string of the molecule is CO[C@H]1OC(COC(=O)c2ccccc2)[C@@H](OC2OC(COC(=O)c3ccccc3)C(O[C@H]3OC(COC(=O)c4ccccc4)[C@@H](O)C(C)[C@@H]3N3C(=O)c4ccccc4C3=O)[C@H](C)[C@H]2N2C(=O)c3ccccc3C2=O)C(C)[C@@H]1N1C(=O)c2ccccc2C1=O. The normalized spacial score (nSPS) is 29.0. The lowest BCUT2D eigenvalue weighted by atomic mass is 9.84. The van der Waals surface area contributed by atoms with Crippen LogP contribution in [0.2, 0.25) is 0 Å². The number of amides is 6. The summed E-state index contributed by atoms with van der Waals surface area (Å²) in [5.41, 5.74) is 1.00. The van der Waals surface area contributed by atoms with E-state index in [1.165, 1.54) is 67.8 Å². The van der Waals surface area contributed by atoms with Crippen molar-refractivity contribution in [3.05, 3.63) is 214 Å². The number of rotatable bonds is 17. The van der Waals surface area contributed by atoms with E-state index in [4.69, 9.17) is 42.6 Å². The minimum Gasteiger partial charge on any atom is -0.459 e. The summed E-state index contributed by atoms with van der Waals surface area (Å²) in [6.07, 6.45) is -13.4. The second kappa shape index (κ2) is 25.2.